The molecule has 0 radical (unpaired) electrons. The molecule has 0 saturated carbocycles. The molecule has 1 aromatic rings. The number of aliphatic carboxylic acids is 1. The van der Waals surface area contributed by atoms with Crippen LogP contribution in [0.2, 0.25) is 0 Å². The fourth-order valence-electron chi connectivity index (χ4n) is 2.26. The van der Waals surface area contributed by atoms with Crippen molar-refractivity contribution in [3.63, 3.8) is 0 Å². The van der Waals surface area contributed by atoms with Gasteiger partial charge < -0.3 is 10.4 Å². The van der Waals surface area contributed by atoms with Gasteiger partial charge in [-0.1, -0.05) is 56.8 Å². The van der Waals surface area contributed by atoms with Crippen LogP contribution in [0.15, 0.2) is 24.3 Å². The van der Waals surface area contributed by atoms with Gasteiger partial charge in [0.15, 0.2) is 5.12 Å². The van der Waals surface area contributed by atoms with Crippen LogP contribution in [0, 0.1) is 5.92 Å². The van der Waals surface area contributed by atoms with Gasteiger partial charge in [0.1, 0.15) is 6.04 Å². The fraction of sp³-hybridized carbons (Fsp3) is 0.500. The van der Waals surface area contributed by atoms with E-state index < -0.39 is 17.9 Å². The van der Waals surface area contributed by atoms with Crippen molar-refractivity contribution in [2.45, 2.75) is 46.1 Å². The van der Waals surface area contributed by atoms with E-state index in [1.165, 1.54) is 12.5 Å². The van der Waals surface area contributed by atoms with Crippen molar-refractivity contribution in [2.24, 2.45) is 5.92 Å². The summed E-state index contributed by atoms with van der Waals surface area (Å²) in [6.45, 7) is 7.38. The summed E-state index contributed by atoms with van der Waals surface area (Å²) in [6.07, 6.45) is 0.994. The Hall–Kier alpha value is -1.82. The van der Waals surface area contributed by atoms with E-state index in [2.05, 4.69) is 19.2 Å². The first-order chi connectivity index (χ1) is 11.2. The lowest BCUT2D eigenvalue weighted by atomic mass is 9.97. The molecule has 1 amide bonds. The van der Waals surface area contributed by atoms with Crippen molar-refractivity contribution in [3.05, 3.63) is 35.4 Å². The standard InChI is InChI=1S/C18H25NO4S/c1-11(2)9-14-5-7-15(8-6-14)12(3)18(23)24-10-16(17(21)22)19-13(4)20/h5-8,11-12,16H,9-10H2,1-4H3,(H,19,20)(H,21,22)/t12-,16+/m0/s1. The second-order valence-electron chi connectivity index (χ2n) is 6.28. The number of hydrogen-bond donors (Lipinski definition) is 2. The molecule has 1 rings (SSSR count). The molecule has 0 aliphatic heterocycles. The Labute approximate surface area is 147 Å². The van der Waals surface area contributed by atoms with Crippen LogP contribution in [0.3, 0.4) is 0 Å². The second-order valence-corrected chi connectivity index (χ2v) is 7.31. The second kappa shape index (κ2) is 9.47. The van der Waals surface area contributed by atoms with Gasteiger partial charge in [0.25, 0.3) is 0 Å². The van der Waals surface area contributed by atoms with Crippen LogP contribution in [0.4, 0.5) is 0 Å². The van der Waals surface area contributed by atoms with Gasteiger partial charge in [-0.3, -0.25) is 9.59 Å². The fourth-order valence-corrected chi connectivity index (χ4v) is 3.20. The molecule has 24 heavy (non-hydrogen) atoms. The van der Waals surface area contributed by atoms with Gasteiger partial charge in [0.2, 0.25) is 5.91 Å². The predicted molar refractivity (Wildman–Crippen MR) is 96.1 cm³/mol. The van der Waals surface area contributed by atoms with E-state index in [0.29, 0.717) is 5.92 Å². The first-order valence-electron chi connectivity index (χ1n) is 7.96. The van der Waals surface area contributed by atoms with E-state index in [9.17, 15) is 14.4 Å². The summed E-state index contributed by atoms with van der Waals surface area (Å²) >= 11 is 0.938. The van der Waals surface area contributed by atoms with E-state index in [1.807, 2.05) is 24.3 Å². The topological polar surface area (TPSA) is 83.5 Å². The molecular formula is C18H25NO4S. The summed E-state index contributed by atoms with van der Waals surface area (Å²) in [6, 6.07) is 6.90. The molecule has 2 atom stereocenters. The zero-order valence-electron chi connectivity index (χ0n) is 14.5. The van der Waals surface area contributed by atoms with Gasteiger partial charge in [-0.25, -0.2) is 4.79 Å². The minimum Gasteiger partial charge on any atom is -0.480 e. The van der Waals surface area contributed by atoms with Crippen molar-refractivity contribution in [1.29, 1.82) is 0 Å². The van der Waals surface area contributed by atoms with Crippen molar-refractivity contribution >= 4 is 28.8 Å². The Kier molecular flexibility index (Phi) is 7.98. The van der Waals surface area contributed by atoms with E-state index in [1.54, 1.807) is 6.92 Å². The van der Waals surface area contributed by atoms with Crippen molar-refractivity contribution in [2.75, 3.05) is 5.75 Å². The van der Waals surface area contributed by atoms with Gasteiger partial charge in [-0.05, 0) is 23.5 Å². The lowest BCUT2D eigenvalue weighted by Gasteiger charge is -2.15. The van der Waals surface area contributed by atoms with Gasteiger partial charge in [-0.15, -0.1) is 0 Å². The first kappa shape index (κ1) is 20.2. The number of rotatable bonds is 8. The molecule has 0 unspecified atom stereocenters. The number of carboxylic acids is 1. The molecule has 0 heterocycles. The highest BCUT2D eigenvalue weighted by Gasteiger charge is 2.22. The van der Waals surface area contributed by atoms with Gasteiger partial charge in [0, 0.05) is 12.7 Å². The predicted octanol–water partition coefficient (Wildman–Crippen LogP) is 2.84. The van der Waals surface area contributed by atoms with Crippen LogP contribution in [-0.4, -0.2) is 33.9 Å². The Bertz CT molecular complexity index is 583. The van der Waals surface area contributed by atoms with Crippen LogP contribution in [0.25, 0.3) is 0 Å². The van der Waals surface area contributed by atoms with Gasteiger partial charge >= 0.3 is 5.97 Å². The molecule has 5 nitrogen and oxygen atoms in total. The van der Waals surface area contributed by atoms with Crippen LogP contribution >= 0.6 is 11.8 Å². The van der Waals surface area contributed by atoms with Crippen molar-refractivity contribution in [3.8, 4) is 0 Å². The van der Waals surface area contributed by atoms with E-state index >= 15 is 0 Å². The van der Waals surface area contributed by atoms with Crippen molar-refractivity contribution < 1.29 is 19.5 Å². The highest BCUT2D eigenvalue weighted by molar-refractivity contribution is 8.13. The van der Waals surface area contributed by atoms with Crippen LogP contribution in [0.5, 0.6) is 0 Å². The largest absolute Gasteiger partial charge is 0.480 e. The average molecular weight is 351 g/mol. The molecule has 0 aromatic heterocycles. The zero-order chi connectivity index (χ0) is 18.3. The molecular weight excluding hydrogens is 326 g/mol. The molecule has 0 spiro atoms. The number of amides is 1. The Morgan fingerprint density at radius 2 is 1.71 bits per heavy atom. The maximum atomic E-state index is 12.3. The summed E-state index contributed by atoms with van der Waals surface area (Å²) in [4.78, 5) is 34.3. The number of carbonyl (C=O) groups is 3. The third-order valence-corrected chi connectivity index (χ3v) is 4.68. The third-order valence-electron chi connectivity index (χ3n) is 3.55. The molecule has 132 valence electrons. The number of thioether (sulfide) groups is 1. The van der Waals surface area contributed by atoms with Crippen LogP contribution in [-0.2, 0) is 20.8 Å². The molecule has 0 aliphatic rings. The SMILES string of the molecule is CC(=O)N[C@H](CSC(=O)[C@@H](C)c1ccc(CC(C)C)cc1)C(=O)O. The number of hydrogen-bond acceptors (Lipinski definition) is 4. The molecule has 0 fully saturated rings. The molecule has 0 bridgehead atoms. The molecule has 1 aromatic carbocycles. The van der Waals surface area contributed by atoms with E-state index in [0.717, 1.165) is 23.7 Å². The maximum Gasteiger partial charge on any atom is 0.327 e. The summed E-state index contributed by atoms with van der Waals surface area (Å²) in [5.74, 6) is -1.30. The van der Waals surface area contributed by atoms with E-state index in [4.69, 9.17) is 5.11 Å². The summed E-state index contributed by atoms with van der Waals surface area (Å²) < 4.78 is 0. The van der Waals surface area contributed by atoms with Crippen molar-refractivity contribution in [1.82, 2.24) is 5.32 Å². The summed E-state index contributed by atoms with van der Waals surface area (Å²) in [7, 11) is 0. The molecule has 6 heteroatoms. The molecule has 0 saturated heterocycles. The first-order valence-corrected chi connectivity index (χ1v) is 8.94. The Balaban J connectivity index is 2.63. The minimum atomic E-state index is -1.14. The Morgan fingerprint density at radius 1 is 1.12 bits per heavy atom. The van der Waals surface area contributed by atoms with Gasteiger partial charge in [0.05, 0.1) is 5.92 Å². The van der Waals surface area contributed by atoms with Crippen LogP contribution < -0.4 is 5.32 Å². The average Bonchev–Trinajstić information content (AvgIpc) is 2.50. The van der Waals surface area contributed by atoms with Crippen LogP contribution in [0.1, 0.15) is 44.7 Å². The lowest BCUT2D eigenvalue weighted by Crippen LogP contribution is -2.41. The highest BCUT2D eigenvalue weighted by Crippen LogP contribution is 2.23. The third kappa shape index (κ3) is 6.74. The number of nitrogens with one attached hydrogen (secondary N) is 1. The van der Waals surface area contributed by atoms with E-state index in [-0.39, 0.29) is 16.8 Å². The normalized spacial score (nSPS) is 13.4. The maximum absolute atomic E-state index is 12.3. The highest BCUT2D eigenvalue weighted by atomic mass is 32.2. The number of benzene rings is 1. The quantitative estimate of drug-likeness (QED) is 0.752. The number of carbonyl (C=O) groups excluding carboxylic acids is 2. The summed E-state index contributed by atoms with van der Waals surface area (Å²) in [5.41, 5.74) is 2.14. The molecule has 2 N–H and O–H groups in total. The zero-order valence-corrected chi connectivity index (χ0v) is 15.4. The van der Waals surface area contributed by atoms with Gasteiger partial charge in [-0.2, -0.15) is 0 Å². The Morgan fingerprint density at radius 3 is 2.17 bits per heavy atom. The minimum absolute atomic E-state index is 0.0174. The number of carboxylic acid groups (broad SMARTS) is 1. The summed E-state index contributed by atoms with van der Waals surface area (Å²) in [5, 5.41) is 11.3. The smallest absolute Gasteiger partial charge is 0.327 e. The lowest BCUT2D eigenvalue weighted by molar-refractivity contribution is -0.140. The monoisotopic (exact) mass is 351 g/mol. The molecule has 0 aliphatic carbocycles.